The molecule has 1 aliphatic rings. The van der Waals surface area contributed by atoms with Gasteiger partial charge in [0.25, 0.3) is 5.69 Å². The molecule has 0 aliphatic carbocycles. The molecular weight excluding hydrogens is 240 g/mol. The minimum atomic E-state index is -0.380. The van der Waals surface area contributed by atoms with Crippen LogP contribution in [0.2, 0.25) is 0 Å². The van der Waals surface area contributed by atoms with Gasteiger partial charge in [-0.25, -0.2) is 0 Å². The second kappa shape index (κ2) is 3.56. The SMILES string of the molecule is Cc1nnc2n1-c1ccc([N+](=O)[O-])cc1SC2. The van der Waals surface area contributed by atoms with Crippen molar-refractivity contribution in [3.8, 4) is 5.69 Å². The monoisotopic (exact) mass is 248 g/mol. The molecule has 0 bridgehead atoms. The van der Waals surface area contributed by atoms with Gasteiger partial charge in [-0.15, -0.1) is 22.0 Å². The fourth-order valence-corrected chi connectivity index (χ4v) is 2.85. The van der Waals surface area contributed by atoms with Crippen LogP contribution in [-0.4, -0.2) is 19.7 Å². The first-order chi connectivity index (χ1) is 8.16. The van der Waals surface area contributed by atoms with Crippen molar-refractivity contribution in [2.45, 2.75) is 17.6 Å². The highest BCUT2D eigenvalue weighted by Crippen LogP contribution is 2.36. The quantitative estimate of drug-likeness (QED) is 0.570. The number of aryl methyl sites for hydroxylation is 1. The third-order valence-corrected chi connectivity index (χ3v) is 3.68. The van der Waals surface area contributed by atoms with E-state index in [0.717, 1.165) is 22.2 Å². The van der Waals surface area contributed by atoms with E-state index in [4.69, 9.17) is 0 Å². The number of fused-ring (bicyclic) bond motifs is 3. The van der Waals surface area contributed by atoms with E-state index in [-0.39, 0.29) is 10.6 Å². The molecule has 1 aromatic heterocycles. The van der Waals surface area contributed by atoms with Gasteiger partial charge in [0.1, 0.15) is 11.6 Å². The molecule has 0 spiro atoms. The number of nitrogens with zero attached hydrogens (tertiary/aromatic N) is 4. The molecule has 2 heterocycles. The second-order valence-electron chi connectivity index (χ2n) is 3.70. The molecule has 0 N–H and O–H groups in total. The van der Waals surface area contributed by atoms with E-state index in [9.17, 15) is 10.1 Å². The number of hydrogen-bond donors (Lipinski definition) is 0. The van der Waals surface area contributed by atoms with Crippen molar-refractivity contribution in [2.75, 3.05) is 0 Å². The Morgan fingerprint density at radius 1 is 1.47 bits per heavy atom. The van der Waals surface area contributed by atoms with Gasteiger partial charge in [0, 0.05) is 17.0 Å². The number of thioether (sulfide) groups is 1. The third kappa shape index (κ3) is 1.50. The fourth-order valence-electron chi connectivity index (χ4n) is 1.87. The summed E-state index contributed by atoms with van der Waals surface area (Å²) >= 11 is 1.55. The molecule has 1 aliphatic heterocycles. The van der Waals surface area contributed by atoms with Crippen molar-refractivity contribution in [1.29, 1.82) is 0 Å². The van der Waals surface area contributed by atoms with E-state index in [2.05, 4.69) is 10.2 Å². The summed E-state index contributed by atoms with van der Waals surface area (Å²) < 4.78 is 1.94. The van der Waals surface area contributed by atoms with E-state index in [1.807, 2.05) is 11.5 Å². The Morgan fingerprint density at radius 2 is 2.29 bits per heavy atom. The van der Waals surface area contributed by atoms with Gasteiger partial charge in [-0.2, -0.15) is 0 Å². The first kappa shape index (κ1) is 10.3. The van der Waals surface area contributed by atoms with E-state index in [0.29, 0.717) is 5.75 Å². The van der Waals surface area contributed by atoms with Crippen LogP contribution in [0.1, 0.15) is 11.6 Å². The van der Waals surface area contributed by atoms with Gasteiger partial charge in [0.15, 0.2) is 0 Å². The normalized spacial score (nSPS) is 13.0. The Labute approximate surface area is 101 Å². The van der Waals surface area contributed by atoms with Crippen LogP contribution in [0, 0.1) is 17.0 Å². The number of non-ortho nitro benzene ring substituents is 1. The minimum absolute atomic E-state index is 0.116. The number of aromatic nitrogens is 3. The van der Waals surface area contributed by atoms with Gasteiger partial charge >= 0.3 is 0 Å². The van der Waals surface area contributed by atoms with Crippen molar-refractivity contribution in [3.63, 3.8) is 0 Å². The van der Waals surface area contributed by atoms with Crippen LogP contribution < -0.4 is 0 Å². The average Bonchev–Trinajstić information content (AvgIpc) is 2.70. The smallest absolute Gasteiger partial charge is 0.270 e. The first-order valence-corrected chi connectivity index (χ1v) is 5.98. The van der Waals surface area contributed by atoms with E-state index >= 15 is 0 Å². The van der Waals surface area contributed by atoms with Crippen molar-refractivity contribution >= 4 is 17.4 Å². The summed E-state index contributed by atoms with van der Waals surface area (Å²) in [6.07, 6.45) is 0. The number of hydrogen-bond acceptors (Lipinski definition) is 5. The predicted molar refractivity (Wildman–Crippen MR) is 62.3 cm³/mol. The van der Waals surface area contributed by atoms with Gasteiger partial charge in [-0.05, 0) is 13.0 Å². The Morgan fingerprint density at radius 3 is 3.06 bits per heavy atom. The Balaban J connectivity index is 2.20. The fraction of sp³-hybridized carbons (Fsp3) is 0.200. The molecule has 17 heavy (non-hydrogen) atoms. The maximum Gasteiger partial charge on any atom is 0.270 e. The zero-order valence-electron chi connectivity index (χ0n) is 8.95. The number of benzene rings is 1. The molecule has 0 unspecified atom stereocenters. The molecule has 7 heteroatoms. The summed E-state index contributed by atoms with van der Waals surface area (Å²) in [7, 11) is 0. The summed E-state index contributed by atoms with van der Waals surface area (Å²) in [6.45, 7) is 1.87. The molecular formula is C10H8N4O2S. The van der Waals surface area contributed by atoms with Gasteiger partial charge in [0.2, 0.25) is 0 Å². The number of nitro groups is 1. The molecule has 0 saturated heterocycles. The summed E-state index contributed by atoms with van der Waals surface area (Å²) in [5, 5.41) is 18.8. The summed E-state index contributed by atoms with van der Waals surface area (Å²) in [5.74, 6) is 2.37. The lowest BCUT2D eigenvalue weighted by molar-refractivity contribution is -0.385. The molecule has 0 atom stereocenters. The van der Waals surface area contributed by atoms with Gasteiger partial charge < -0.3 is 0 Å². The molecule has 0 saturated carbocycles. The largest absolute Gasteiger partial charge is 0.281 e. The van der Waals surface area contributed by atoms with E-state index < -0.39 is 0 Å². The highest BCUT2D eigenvalue weighted by atomic mass is 32.2. The molecule has 0 fully saturated rings. The van der Waals surface area contributed by atoms with Gasteiger partial charge in [-0.3, -0.25) is 14.7 Å². The first-order valence-electron chi connectivity index (χ1n) is 4.99. The second-order valence-corrected chi connectivity index (χ2v) is 4.71. The zero-order chi connectivity index (χ0) is 12.0. The summed E-state index contributed by atoms with van der Waals surface area (Å²) in [4.78, 5) is 11.2. The Hall–Kier alpha value is -1.89. The van der Waals surface area contributed by atoms with E-state index in [1.54, 1.807) is 23.9 Å². The van der Waals surface area contributed by atoms with Crippen molar-refractivity contribution in [3.05, 3.63) is 40.0 Å². The number of rotatable bonds is 1. The van der Waals surface area contributed by atoms with Crippen LogP contribution >= 0.6 is 11.8 Å². The summed E-state index contributed by atoms with van der Waals surface area (Å²) in [6, 6.07) is 4.86. The number of nitro benzene ring substituents is 1. The average molecular weight is 248 g/mol. The maximum absolute atomic E-state index is 10.7. The maximum atomic E-state index is 10.7. The lowest BCUT2D eigenvalue weighted by atomic mass is 10.2. The Bertz CT molecular complexity index is 623. The molecule has 0 radical (unpaired) electrons. The van der Waals surface area contributed by atoms with Crippen LogP contribution in [0.4, 0.5) is 5.69 Å². The van der Waals surface area contributed by atoms with E-state index in [1.165, 1.54) is 6.07 Å². The highest BCUT2D eigenvalue weighted by molar-refractivity contribution is 7.98. The van der Waals surface area contributed by atoms with Gasteiger partial charge in [-0.1, -0.05) is 0 Å². The highest BCUT2D eigenvalue weighted by Gasteiger charge is 2.22. The zero-order valence-corrected chi connectivity index (χ0v) is 9.77. The topological polar surface area (TPSA) is 73.8 Å². The van der Waals surface area contributed by atoms with Crippen LogP contribution in [0.15, 0.2) is 23.1 Å². The molecule has 86 valence electrons. The minimum Gasteiger partial charge on any atom is -0.281 e. The van der Waals surface area contributed by atoms with Crippen LogP contribution in [0.25, 0.3) is 5.69 Å². The lowest BCUT2D eigenvalue weighted by Crippen LogP contribution is -2.08. The van der Waals surface area contributed by atoms with Gasteiger partial charge in [0.05, 0.1) is 16.4 Å². The summed E-state index contributed by atoms with van der Waals surface area (Å²) in [5.41, 5.74) is 1.04. The van der Waals surface area contributed by atoms with Crippen LogP contribution in [-0.2, 0) is 5.75 Å². The molecule has 2 aromatic rings. The lowest BCUT2D eigenvalue weighted by Gasteiger charge is -2.17. The predicted octanol–water partition coefficient (Wildman–Crippen LogP) is 2.09. The molecule has 1 aromatic carbocycles. The van der Waals surface area contributed by atoms with Crippen LogP contribution in [0.3, 0.4) is 0 Å². The van der Waals surface area contributed by atoms with Crippen LogP contribution in [0.5, 0.6) is 0 Å². The van der Waals surface area contributed by atoms with Crippen molar-refractivity contribution in [1.82, 2.24) is 14.8 Å². The standard InChI is InChI=1S/C10H8N4O2S/c1-6-11-12-10-5-17-9-4-7(14(15)16)2-3-8(9)13(6)10/h2-4H,5H2,1H3. The molecule has 6 nitrogen and oxygen atoms in total. The van der Waals surface area contributed by atoms with Crippen molar-refractivity contribution in [2.24, 2.45) is 0 Å². The Kier molecular flexibility index (Phi) is 2.15. The third-order valence-electron chi connectivity index (χ3n) is 2.64. The molecule has 3 rings (SSSR count). The molecule has 0 amide bonds. The van der Waals surface area contributed by atoms with Crippen molar-refractivity contribution < 1.29 is 4.92 Å².